The standard InChI is InChI=1S/C17H16O3/c1-19-16-11-5-10-15(13-16)17(18)20-12-6-9-14-7-3-2-4-8-14/h2-11,13H,12H2,1H3/b9-6+. The topological polar surface area (TPSA) is 35.5 Å². The van der Waals surface area contributed by atoms with Crippen molar-refractivity contribution >= 4 is 12.0 Å². The van der Waals surface area contributed by atoms with Crippen LogP contribution in [0.1, 0.15) is 15.9 Å². The molecule has 0 spiro atoms. The number of esters is 1. The number of hydrogen-bond acceptors (Lipinski definition) is 3. The van der Waals surface area contributed by atoms with Crippen molar-refractivity contribution in [2.24, 2.45) is 0 Å². The zero-order valence-electron chi connectivity index (χ0n) is 11.3. The second kappa shape index (κ2) is 7.14. The molecule has 0 fully saturated rings. The van der Waals surface area contributed by atoms with Gasteiger partial charge in [-0.2, -0.15) is 0 Å². The quantitative estimate of drug-likeness (QED) is 0.778. The van der Waals surface area contributed by atoms with Crippen LogP contribution in [0.15, 0.2) is 60.7 Å². The number of rotatable bonds is 5. The minimum atomic E-state index is -0.360. The molecule has 0 radical (unpaired) electrons. The Kier molecular flexibility index (Phi) is 4.95. The predicted molar refractivity (Wildman–Crippen MR) is 78.8 cm³/mol. The first-order valence-corrected chi connectivity index (χ1v) is 6.32. The summed E-state index contributed by atoms with van der Waals surface area (Å²) in [5.41, 5.74) is 1.56. The SMILES string of the molecule is COc1cccc(C(=O)OC/C=C/c2ccccc2)c1. The Bertz CT molecular complexity index is 588. The van der Waals surface area contributed by atoms with E-state index < -0.39 is 0 Å². The van der Waals surface area contributed by atoms with Gasteiger partial charge in [-0.05, 0) is 29.8 Å². The number of ether oxygens (including phenoxy) is 2. The maximum absolute atomic E-state index is 11.8. The van der Waals surface area contributed by atoms with Crippen molar-refractivity contribution in [2.75, 3.05) is 13.7 Å². The lowest BCUT2D eigenvalue weighted by molar-refractivity contribution is 0.0549. The first kappa shape index (κ1) is 13.9. The molecule has 0 amide bonds. The molecule has 0 N–H and O–H groups in total. The molecule has 2 rings (SSSR count). The molecule has 0 saturated carbocycles. The second-order valence-electron chi connectivity index (χ2n) is 4.14. The fourth-order valence-corrected chi connectivity index (χ4v) is 1.71. The molecular formula is C17H16O3. The Morgan fingerprint density at radius 1 is 1.10 bits per heavy atom. The summed E-state index contributed by atoms with van der Waals surface area (Å²) < 4.78 is 10.2. The van der Waals surface area contributed by atoms with Crippen LogP contribution in [0.4, 0.5) is 0 Å². The van der Waals surface area contributed by atoms with E-state index in [0.29, 0.717) is 11.3 Å². The maximum atomic E-state index is 11.8. The summed E-state index contributed by atoms with van der Waals surface area (Å²) in [4.78, 5) is 11.8. The van der Waals surface area contributed by atoms with E-state index in [4.69, 9.17) is 9.47 Å². The number of benzene rings is 2. The van der Waals surface area contributed by atoms with Gasteiger partial charge in [-0.15, -0.1) is 0 Å². The monoisotopic (exact) mass is 268 g/mol. The van der Waals surface area contributed by atoms with Gasteiger partial charge in [-0.25, -0.2) is 4.79 Å². The third-order valence-corrected chi connectivity index (χ3v) is 2.73. The molecule has 0 aliphatic heterocycles. The van der Waals surface area contributed by atoms with Gasteiger partial charge in [0, 0.05) is 0 Å². The first-order chi connectivity index (χ1) is 9.79. The van der Waals surface area contributed by atoms with Gasteiger partial charge in [-0.1, -0.05) is 42.5 Å². The molecule has 0 unspecified atom stereocenters. The molecule has 3 heteroatoms. The summed E-state index contributed by atoms with van der Waals surface area (Å²) in [6.45, 7) is 0.241. The Morgan fingerprint density at radius 3 is 2.65 bits per heavy atom. The molecule has 20 heavy (non-hydrogen) atoms. The number of carbonyl (C=O) groups excluding carboxylic acids is 1. The molecule has 0 heterocycles. The van der Waals surface area contributed by atoms with E-state index in [1.54, 1.807) is 31.4 Å². The molecule has 0 atom stereocenters. The van der Waals surface area contributed by atoms with Crippen molar-refractivity contribution in [1.82, 2.24) is 0 Å². The molecule has 0 bridgehead atoms. The third-order valence-electron chi connectivity index (χ3n) is 2.73. The summed E-state index contributed by atoms with van der Waals surface area (Å²) in [6.07, 6.45) is 3.73. The number of carbonyl (C=O) groups is 1. The van der Waals surface area contributed by atoms with Crippen LogP contribution in [-0.4, -0.2) is 19.7 Å². The van der Waals surface area contributed by atoms with Crippen molar-refractivity contribution in [3.63, 3.8) is 0 Å². The van der Waals surface area contributed by atoms with E-state index in [1.807, 2.05) is 42.5 Å². The Labute approximate surface area is 118 Å². The minimum absolute atomic E-state index is 0.241. The minimum Gasteiger partial charge on any atom is -0.497 e. The fraction of sp³-hybridized carbons (Fsp3) is 0.118. The Morgan fingerprint density at radius 2 is 1.90 bits per heavy atom. The predicted octanol–water partition coefficient (Wildman–Crippen LogP) is 3.57. The molecule has 0 aliphatic carbocycles. The molecule has 2 aromatic carbocycles. The molecule has 0 aromatic heterocycles. The molecular weight excluding hydrogens is 252 g/mol. The van der Waals surface area contributed by atoms with E-state index in [1.165, 1.54) is 0 Å². The molecule has 0 saturated heterocycles. The van der Waals surface area contributed by atoms with Crippen LogP contribution in [-0.2, 0) is 4.74 Å². The molecule has 102 valence electrons. The Hall–Kier alpha value is -2.55. The van der Waals surface area contributed by atoms with Crippen molar-refractivity contribution in [2.45, 2.75) is 0 Å². The van der Waals surface area contributed by atoms with Gasteiger partial charge < -0.3 is 9.47 Å². The Balaban J connectivity index is 1.87. The van der Waals surface area contributed by atoms with Crippen molar-refractivity contribution in [1.29, 1.82) is 0 Å². The van der Waals surface area contributed by atoms with Crippen molar-refractivity contribution < 1.29 is 14.3 Å². The molecule has 0 aliphatic rings. The maximum Gasteiger partial charge on any atom is 0.338 e. The normalized spacial score (nSPS) is 10.4. The third kappa shape index (κ3) is 3.99. The highest BCUT2D eigenvalue weighted by Crippen LogP contribution is 2.13. The second-order valence-corrected chi connectivity index (χ2v) is 4.14. The van der Waals surface area contributed by atoms with E-state index in [2.05, 4.69) is 0 Å². The van der Waals surface area contributed by atoms with E-state index in [9.17, 15) is 4.79 Å². The molecule has 2 aromatic rings. The average molecular weight is 268 g/mol. The zero-order chi connectivity index (χ0) is 14.2. The smallest absolute Gasteiger partial charge is 0.338 e. The first-order valence-electron chi connectivity index (χ1n) is 6.32. The zero-order valence-corrected chi connectivity index (χ0v) is 11.3. The van der Waals surface area contributed by atoms with Crippen LogP contribution in [0.5, 0.6) is 5.75 Å². The summed E-state index contributed by atoms with van der Waals surface area (Å²) in [5.74, 6) is 0.279. The van der Waals surface area contributed by atoms with Crippen molar-refractivity contribution in [3.8, 4) is 5.75 Å². The van der Waals surface area contributed by atoms with Gasteiger partial charge in [0.1, 0.15) is 12.4 Å². The largest absolute Gasteiger partial charge is 0.497 e. The van der Waals surface area contributed by atoms with Gasteiger partial charge in [0.25, 0.3) is 0 Å². The highest BCUT2D eigenvalue weighted by atomic mass is 16.5. The van der Waals surface area contributed by atoms with Crippen LogP contribution < -0.4 is 4.74 Å². The van der Waals surface area contributed by atoms with E-state index in [-0.39, 0.29) is 12.6 Å². The number of methoxy groups -OCH3 is 1. The highest BCUT2D eigenvalue weighted by Gasteiger charge is 2.06. The van der Waals surface area contributed by atoms with Crippen LogP contribution >= 0.6 is 0 Å². The summed E-state index contributed by atoms with van der Waals surface area (Å²) in [6, 6.07) is 16.8. The van der Waals surface area contributed by atoms with Gasteiger partial charge in [0.05, 0.1) is 12.7 Å². The lowest BCUT2D eigenvalue weighted by Crippen LogP contribution is -2.05. The van der Waals surface area contributed by atoms with Crippen LogP contribution in [0.3, 0.4) is 0 Å². The van der Waals surface area contributed by atoms with E-state index in [0.717, 1.165) is 5.56 Å². The number of hydrogen-bond donors (Lipinski definition) is 0. The lowest BCUT2D eigenvalue weighted by Gasteiger charge is -2.04. The summed E-state index contributed by atoms with van der Waals surface area (Å²) in [7, 11) is 1.56. The fourth-order valence-electron chi connectivity index (χ4n) is 1.71. The van der Waals surface area contributed by atoms with Gasteiger partial charge in [0.15, 0.2) is 0 Å². The lowest BCUT2D eigenvalue weighted by atomic mass is 10.2. The van der Waals surface area contributed by atoms with Crippen molar-refractivity contribution in [3.05, 3.63) is 71.8 Å². The van der Waals surface area contributed by atoms with Gasteiger partial charge in [0.2, 0.25) is 0 Å². The summed E-state index contributed by atoms with van der Waals surface area (Å²) in [5, 5.41) is 0. The van der Waals surface area contributed by atoms with Crippen LogP contribution in [0.2, 0.25) is 0 Å². The molecule has 3 nitrogen and oxygen atoms in total. The van der Waals surface area contributed by atoms with Crippen LogP contribution in [0.25, 0.3) is 6.08 Å². The van der Waals surface area contributed by atoms with Gasteiger partial charge in [-0.3, -0.25) is 0 Å². The summed E-state index contributed by atoms with van der Waals surface area (Å²) >= 11 is 0. The van der Waals surface area contributed by atoms with Crippen LogP contribution in [0, 0.1) is 0 Å². The average Bonchev–Trinajstić information content (AvgIpc) is 2.52. The highest BCUT2D eigenvalue weighted by molar-refractivity contribution is 5.89. The van der Waals surface area contributed by atoms with E-state index >= 15 is 0 Å². The van der Waals surface area contributed by atoms with Gasteiger partial charge >= 0.3 is 5.97 Å².